The van der Waals surface area contributed by atoms with E-state index in [9.17, 15) is 13.6 Å². The topological polar surface area (TPSA) is 49.3 Å². The number of hydrogen-bond donors (Lipinski definition) is 2. The van der Waals surface area contributed by atoms with Gasteiger partial charge in [-0.15, -0.1) is 0 Å². The Morgan fingerprint density at radius 3 is 2.62 bits per heavy atom. The van der Waals surface area contributed by atoms with Gasteiger partial charge in [-0.05, 0) is 63.3 Å². The van der Waals surface area contributed by atoms with Gasteiger partial charge in [0.15, 0.2) is 0 Å². The van der Waals surface area contributed by atoms with Crippen LogP contribution in [0.3, 0.4) is 0 Å². The van der Waals surface area contributed by atoms with Crippen molar-refractivity contribution in [3.8, 4) is 0 Å². The van der Waals surface area contributed by atoms with Gasteiger partial charge in [-0.3, -0.25) is 4.79 Å². The predicted molar refractivity (Wildman–Crippen MR) is 75.9 cm³/mol. The van der Waals surface area contributed by atoms with Crippen LogP contribution in [0.15, 0.2) is 18.2 Å². The van der Waals surface area contributed by atoms with Gasteiger partial charge in [-0.2, -0.15) is 0 Å². The maximum Gasteiger partial charge on any atom is 0.306 e. The monoisotopic (exact) mass is 297 g/mol. The second-order valence-electron chi connectivity index (χ2n) is 5.85. The predicted octanol–water partition coefficient (Wildman–Crippen LogP) is 3.51. The Morgan fingerprint density at radius 2 is 2.00 bits per heavy atom. The van der Waals surface area contributed by atoms with Crippen LogP contribution in [0.2, 0.25) is 0 Å². The van der Waals surface area contributed by atoms with E-state index >= 15 is 0 Å². The fraction of sp³-hybridized carbons (Fsp3) is 0.562. The number of carboxylic acids is 1. The third-order valence-corrected chi connectivity index (χ3v) is 4.33. The van der Waals surface area contributed by atoms with E-state index in [-0.39, 0.29) is 12.0 Å². The van der Waals surface area contributed by atoms with Crippen molar-refractivity contribution in [2.75, 3.05) is 6.54 Å². The zero-order chi connectivity index (χ0) is 15.4. The second kappa shape index (κ2) is 6.98. The van der Waals surface area contributed by atoms with Crippen LogP contribution in [0, 0.1) is 23.5 Å². The maximum atomic E-state index is 13.7. The number of carbonyl (C=O) groups is 1. The van der Waals surface area contributed by atoms with Crippen molar-refractivity contribution in [1.29, 1.82) is 0 Å². The summed E-state index contributed by atoms with van der Waals surface area (Å²) in [7, 11) is 0. The average Bonchev–Trinajstić information content (AvgIpc) is 2.47. The molecule has 1 unspecified atom stereocenters. The lowest BCUT2D eigenvalue weighted by Gasteiger charge is -2.27. The summed E-state index contributed by atoms with van der Waals surface area (Å²) in [4.78, 5) is 10.9. The maximum absolute atomic E-state index is 13.7. The van der Waals surface area contributed by atoms with E-state index in [1.54, 1.807) is 6.92 Å². The summed E-state index contributed by atoms with van der Waals surface area (Å²) in [6, 6.07) is 3.20. The average molecular weight is 297 g/mol. The number of nitrogens with one attached hydrogen (secondary N) is 1. The number of rotatable bonds is 5. The van der Waals surface area contributed by atoms with Crippen LogP contribution in [-0.2, 0) is 4.79 Å². The van der Waals surface area contributed by atoms with Crippen molar-refractivity contribution in [3.05, 3.63) is 35.4 Å². The van der Waals surface area contributed by atoms with Crippen molar-refractivity contribution in [2.24, 2.45) is 11.8 Å². The minimum atomic E-state index is -0.711. The number of hydrogen-bond acceptors (Lipinski definition) is 2. The lowest BCUT2D eigenvalue weighted by molar-refractivity contribution is -0.143. The fourth-order valence-electron chi connectivity index (χ4n) is 2.91. The van der Waals surface area contributed by atoms with E-state index in [4.69, 9.17) is 5.11 Å². The fourth-order valence-corrected chi connectivity index (χ4v) is 2.91. The molecule has 2 rings (SSSR count). The zero-order valence-electron chi connectivity index (χ0n) is 12.1. The van der Waals surface area contributed by atoms with E-state index in [0.29, 0.717) is 30.9 Å². The van der Waals surface area contributed by atoms with Gasteiger partial charge in [0.25, 0.3) is 0 Å². The quantitative estimate of drug-likeness (QED) is 0.874. The minimum absolute atomic E-state index is 0.223. The molecule has 0 heterocycles. The van der Waals surface area contributed by atoms with E-state index < -0.39 is 17.6 Å². The summed E-state index contributed by atoms with van der Waals surface area (Å²) in [5.74, 6) is -1.39. The van der Waals surface area contributed by atoms with Gasteiger partial charge in [-0.1, -0.05) is 0 Å². The minimum Gasteiger partial charge on any atom is -0.481 e. The summed E-state index contributed by atoms with van der Waals surface area (Å²) in [6.07, 6.45) is 3.12. The van der Waals surface area contributed by atoms with Crippen molar-refractivity contribution in [1.82, 2.24) is 5.32 Å². The first-order valence-electron chi connectivity index (χ1n) is 7.38. The highest BCUT2D eigenvalue weighted by Gasteiger charge is 2.26. The summed E-state index contributed by atoms with van der Waals surface area (Å²) in [5, 5.41) is 12.2. The Kier molecular flexibility index (Phi) is 5.28. The third kappa shape index (κ3) is 4.24. The summed E-state index contributed by atoms with van der Waals surface area (Å²) in [5.41, 5.74) is 0.328. The van der Waals surface area contributed by atoms with E-state index in [1.807, 2.05) is 0 Å². The van der Waals surface area contributed by atoms with Gasteiger partial charge in [0.2, 0.25) is 0 Å². The third-order valence-electron chi connectivity index (χ3n) is 4.33. The van der Waals surface area contributed by atoms with Crippen LogP contribution in [0.25, 0.3) is 0 Å². The van der Waals surface area contributed by atoms with Gasteiger partial charge in [0.1, 0.15) is 11.6 Å². The number of carboxylic acid groups (broad SMARTS) is 1. The van der Waals surface area contributed by atoms with Crippen molar-refractivity contribution in [3.63, 3.8) is 0 Å². The second-order valence-corrected chi connectivity index (χ2v) is 5.85. The molecule has 1 aromatic rings. The molecule has 0 aliphatic heterocycles. The number of benzene rings is 1. The van der Waals surface area contributed by atoms with Crippen LogP contribution in [-0.4, -0.2) is 17.6 Å². The van der Waals surface area contributed by atoms with E-state index in [2.05, 4.69) is 5.32 Å². The molecule has 2 N–H and O–H groups in total. The van der Waals surface area contributed by atoms with Crippen molar-refractivity contribution >= 4 is 5.97 Å². The van der Waals surface area contributed by atoms with Crippen molar-refractivity contribution in [2.45, 2.75) is 38.6 Å². The Bertz CT molecular complexity index is 499. The van der Waals surface area contributed by atoms with E-state index in [1.165, 1.54) is 6.07 Å². The molecule has 5 heteroatoms. The van der Waals surface area contributed by atoms with Crippen LogP contribution in [0.4, 0.5) is 8.78 Å². The van der Waals surface area contributed by atoms with Gasteiger partial charge < -0.3 is 10.4 Å². The van der Waals surface area contributed by atoms with Crippen LogP contribution in [0.5, 0.6) is 0 Å². The highest BCUT2D eigenvalue weighted by molar-refractivity contribution is 5.69. The van der Waals surface area contributed by atoms with Gasteiger partial charge in [-0.25, -0.2) is 8.78 Å². The Labute approximate surface area is 123 Å². The molecule has 1 fully saturated rings. The number of aliphatic carboxylic acids is 1. The lowest BCUT2D eigenvalue weighted by atomic mass is 9.82. The smallest absolute Gasteiger partial charge is 0.306 e. The molecule has 0 radical (unpaired) electrons. The van der Waals surface area contributed by atoms with Crippen LogP contribution < -0.4 is 5.32 Å². The molecule has 1 aliphatic carbocycles. The van der Waals surface area contributed by atoms with Gasteiger partial charge in [0.05, 0.1) is 5.92 Å². The van der Waals surface area contributed by atoms with Crippen molar-refractivity contribution < 1.29 is 18.7 Å². The molecule has 0 bridgehead atoms. The molecule has 1 aliphatic rings. The Hall–Kier alpha value is -1.49. The van der Waals surface area contributed by atoms with E-state index in [0.717, 1.165) is 25.0 Å². The normalized spacial score (nSPS) is 23.8. The molecule has 1 atom stereocenters. The molecule has 0 spiro atoms. The molecule has 21 heavy (non-hydrogen) atoms. The number of halogens is 2. The van der Waals surface area contributed by atoms with Crippen LogP contribution >= 0.6 is 0 Å². The van der Waals surface area contributed by atoms with Gasteiger partial charge >= 0.3 is 5.97 Å². The Morgan fingerprint density at radius 1 is 1.33 bits per heavy atom. The highest BCUT2D eigenvalue weighted by atomic mass is 19.1. The molecule has 3 nitrogen and oxygen atoms in total. The summed E-state index contributed by atoms with van der Waals surface area (Å²) >= 11 is 0. The SMILES string of the molecule is CC(NCC1CCC(C(=O)O)CC1)c1cc(F)ccc1F. The lowest BCUT2D eigenvalue weighted by Crippen LogP contribution is -2.30. The first-order chi connectivity index (χ1) is 9.97. The van der Waals surface area contributed by atoms with Gasteiger partial charge in [0, 0.05) is 11.6 Å². The van der Waals surface area contributed by atoms with Crippen LogP contribution in [0.1, 0.15) is 44.2 Å². The highest BCUT2D eigenvalue weighted by Crippen LogP contribution is 2.29. The summed E-state index contributed by atoms with van der Waals surface area (Å²) in [6.45, 7) is 2.50. The molecule has 116 valence electrons. The molecule has 1 saturated carbocycles. The zero-order valence-corrected chi connectivity index (χ0v) is 12.1. The first-order valence-corrected chi connectivity index (χ1v) is 7.38. The molecule has 0 amide bonds. The largest absolute Gasteiger partial charge is 0.481 e. The molecule has 1 aromatic carbocycles. The standard InChI is InChI=1S/C16H21F2NO2/c1-10(14-8-13(17)6-7-15(14)18)19-9-11-2-4-12(5-3-11)16(20)21/h6-8,10-12,19H,2-5,9H2,1H3,(H,20,21). The molecule has 0 saturated heterocycles. The Balaban J connectivity index is 1.83. The molecular formula is C16H21F2NO2. The molecule has 0 aromatic heterocycles. The summed E-state index contributed by atoms with van der Waals surface area (Å²) < 4.78 is 26.8. The molecular weight excluding hydrogens is 276 g/mol. The first kappa shape index (κ1) is 15.9.